The van der Waals surface area contributed by atoms with Crippen LogP contribution in [0.2, 0.25) is 0 Å². The van der Waals surface area contributed by atoms with E-state index < -0.39 is 0 Å². The number of benzene rings is 1. The third kappa shape index (κ3) is 2.71. The molecule has 0 aliphatic heterocycles. The molecule has 1 aromatic carbocycles. The van der Waals surface area contributed by atoms with Gasteiger partial charge >= 0.3 is 0 Å². The Labute approximate surface area is 106 Å². The molecule has 0 atom stereocenters. The average molecular weight is 297 g/mol. The first-order valence-corrected chi connectivity index (χ1v) is 5.66. The van der Waals surface area contributed by atoms with Crippen LogP contribution < -0.4 is 11.1 Å². The minimum Gasteiger partial charge on any atom is -0.382 e. The molecule has 17 heavy (non-hydrogen) atoms. The molecular weight excluding hydrogens is 287 g/mol. The van der Waals surface area contributed by atoms with Crippen molar-refractivity contribution in [3.63, 3.8) is 0 Å². The van der Waals surface area contributed by atoms with Crippen LogP contribution in [-0.2, 0) is 0 Å². The summed E-state index contributed by atoms with van der Waals surface area (Å²) in [4.78, 5) is 7.97. The highest BCUT2D eigenvalue weighted by Crippen LogP contribution is 2.26. The van der Waals surface area contributed by atoms with Crippen LogP contribution in [0.25, 0.3) is 0 Å². The number of hydrogen-bond acceptors (Lipinski definition) is 4. The van der Waals surface area contributed by atoms with Crippen molar-refractivity contribution in [1.29, 1.82) is 0 Å². The van der Waals surface area contributed by atoms with Gasteiger partial charge in [0.2, 0.25) is 0 Å². The molecule has 0 aliphatic carbocycles. The molecule has 2 aromatic rings. The van der Waals surface area contributed by atoms with Gasteiger partial charge in [0.25, 0.3) is 0 Å². The summed E-state index contributed by atoms with van der Waals surface area (Å²) >= 11 is 3.13. The Morgan fingerprint density at radius 2 is 2.12 bits per heavy atom. The van der Waals surface area contributed by atoms with E-state index in [1.54, 1.807) is 19.2 Å². The van der Waals surface area contributed by atoms with Crippen LogP contribution in [0.1, 0.15) is 5.56 Å². The van der Waals surface area contributed by atoms with Gasteiger partial charge in [0.05, 0.1) is 16.9 Å². The molecule has 4 nitrogen and oxygen atoms in total. The molecular formula is C11H10BrFN4. The van der Waals surface area contributed by atoms with Gasteiger partial charge in [-0.1, -0.05) is 0 Å². The summed E-state index contributed by atoms with van der Waals surface area (Å²) in [5, 5.41) is 3.03. The first-order valence-electron chi connectivity index (χ1n) is 4.86. The van der Waals surface area contributed by atoms with Gasteiger partial charge < -0.3 is 11.1 Å². The first-order chi connectivity index (χ1) is 8.06. The molecule has 0 bridgehead atoms. The van der Waals surface area contributed by atoms with Crippen LogP contribution in [0.4, 0.5) is 21.7 Å². The zero-order valence-electron chi connectivity index (χ0n) is 9.04. The van der Waals surface area contributed by atoms with Crippen molar-refractivity contribution < 1.29 is 4.39 Å². The van der Waals surface area contributed by atoms with Crippen LogP contribution in [0.5, 0.6) is 0 Å². The number of halogens is 2. The van der Waals surface area contributed by atoms with Crippen molar-refractivity contribution in [2.45, 2.75) is 6.92 Å². The molecule has 1 aromatic heterocycles. The Bertz CT molecular complexity index is 559. The number of rotatable bonds is 2. The molecule has 2 rings (SSSR count). The lowest BCUT2D eigenvalue weighted by molar-refractivity contribution is 0.620. The molecule has 0 fully saturated rings. The number of nitrogens with two attached hydrogens (primary N) is 1. The maximum absolute atomic E-state index is 13.2. The third-order valence-corrected chi connectivity index (χ3v) is 2.79. The Morgan fingerprint density at radius 3 is 2.82 bits per heavy atom. The number of hydrogen-bond donors (Lipinski definition) is 2. The maximum atomic E-state index is 13.2. The number of anilines is 3. The smallest absolute Gasteiger partial charge is 0.151 e. The molecule has 0 radical (unpaired) electrons. The van der Waals surface area contributed by atoms with Crippen LogP contribution in [-0.4, -0.2) is 9.97 Å². The highest BCUT2D eigenvalue weighted by molar-refractivity contribution is 9.10. The molecule has 88 valence electrons. The molecule has 0 spiro atoms. The number of nitrogens with one attached hydrogen (secondary N) is 1. The predicted octanol–water partition coefficient (Wildman–Crippen LogP) is 3.01. The summed E-state index contributed by atoms with van der Waals surface area (Å²) in [6.07, 6.45) is 3.01. The van der Waals surface area contributed by atoms with E-state index in [0.29, 0.717) is 16.1 Å². The van der Waals surface area contributed by atoms with Crippen molar-refractivity contribution in [3.05, 3.63) is 40.4 Å². The van der Waals surface area contributed by atoms with E-state index in [1.807, 2.05) is 0 Å². The Balaban J connectivity index is 2.33. The van der Waals surface area contributed by atoms with Gasteiger partial charge in [0.15, 0.2) is 5.82 Å². The standard InChI is InChI=1S/C11H10BrFN4/c1-6-2-8(13)7(12)3-9(6)16-11-5-15-4-10(14)17-11/h2-5H,1H3,(H3,14,16,17). The van der Waals surface area contributed by atoms with Crippen molar-refractivity contribution >= 4 is 33.3 Å². The Hall–Kier alpha value is -1.69. The van der Waals surface area contributed by atoms with Crippen molar-refractivity contribution in [2.75, 3.05) is 11.1 Å². The van der Waals surface area contributed by atoms with E-state index in [9.17, 15) is 4.39 Å². The van der Waals surface area contributed by atoms with Crippen molar-refractivity contribution in [1.82, 2.24) is 9.97 Å². The molecule has 0 aliphatic rings. The number of aryl methyl sites for hydroxylation is 1. The summed E-state index contributed by atoms with van der Waals surface area (Å²) in [6, 6.07) is 3.08. The van der Waals surface area contributed by atoms with E-state index in [-0.39, 0.29) is 5.82 Å². The molecule has 6 heteroatoms. The SMILES string of the molecule is Cc1cc(F)c(Br)cc1Nc1cncc(N)n1. The predicted molar refractivity (Wildman–Crippen MR) is 68.6 cm³/mol. The highest BCUT2D eigenvalue weighted by Gasteiger charge is 2.06. The van der Waals surface area contributed by atoms with Gasteiger partial charge in [-0.15, -0.1) is 0 Å². The largest absolute Gasteiger partial charge is 0.382 e. The summed E-state index contributed by atoms with van der Waals surface area (Å²) in [5.74, 6) is 0.548. The topological polar surface area (TPSA) is 63.8 Å². The molecule has 0 unspecified atom stereocenters. The second kappa shape index (κ2) is 4.67. The molecule has 3 N–H and O–H groups in total. The number of nitrogen functional groups attached to an aromatic ring is 1. The van der Waals surface area contributed by atoms with E-state index in [2.05, 4.69) is 31.2 Å². The zero-order chi connectivity index (χ0) is 12.4. The molecule has 0 saturated heterocycles. The first kappa shape index (κ1) is 11.8. The van der Waals surface area contributed by atoms with Gasteiger partial charge in [-0.05, 0) is 40.5 Å². The third-order valence-electron chi connectivity index (χ3n) is 2.18. The fourth-order valence-corrected chi connectivity index (χ4v) is 1.70. The van der Waals surface area contributed by atoms with Gasteiger partial charge in [-0.3, -0.25) is 4.98 Å². The Kier molecular flexibility index (Phi) is 3.23. The molecule has 0 amide bonds. The van der Waals surface area contributed by atoms with Crippen LogP contribution in [0.15, 0.2) is 29.0 Å². The lowest BCUT2D eigenvalue weighted by Gasteiger charge is -2.09. The van der Waals surface area contributed by atoms with Gasteiger partial charge in [0.1, 0.15) is 11.6 Å². The van der Waals surface area contributed by atoms with E-state index in [4.69, 9.17) is 5.73 Å². The van der Waals surface area contributed by atoms with E-state index in [1.165, 1.54) is 12.3 Å². The summed E-state index contributed by atoms with van der Waals surface area (Å²) < 4.78 is 13.6. The van der Waals surface area contributed by atoms with Crippen molar-refractivity contribution in [2.24, 2.45) is 0 Å². The second-order valence-corrected chi connectivity index (χ2v) is 4.39. The molecule has 0 saturated carbocycles. The lowest BCUT2D eigenvalue weighted by atomic mass is 10.2. The lowest BCUT2D eigenvalue weighted by Crippen LogP contribution is -2.00. The second-order valence-electron chi connectivity index (χ2n) is 3.54. The summed E-state index contributed by atoms with van der Waals surface area (Å²) in [5.41, 5.74) is 7.04. The summed E-state index contributed by atoms with van der Waals surface area (Å²) in [7, 11) is 0. The quantitative estimate of drug-likeness (QED) is 0.894. The maximum Gasteiger partial charge on any atom is 0.151 e. The van der Waals surface area contributed by atoms with E-state index in [0.717, 1.165) is 11.3 Å². The van der Waals surface area contributed by atoms with Crippen LogP contribution >= 0.6 is 15.9 Å². The number of nitrogens with zero attached hydrogens (tertiary/aromatic N) is 2. The fraction of sp³-hybridized carbons (Fsp3) is 0.0909. The number of aromatic nitrogens is 2. The van der Waals surface area contributed by atoms with Crippen LogP contribution in [0, 0.1) is 12.7 Å². The van der Waals surface area contributed by atoms with Crippen LogP contribution in [0.3, 0.4) is 0 Å². The minimum absolute atomic E-state index is 0.299. The summed E-state index contributed by atoms with van der Waals surface area (Å²) in [6.45, 7) is 1.80. The normalized spacial score (nSPS) is 10.3. The van der Waals surface area contributed by atoms with Gasteiger partial charge in [0, 0.05) is 5.69 Å². The van der Waals surface area contributed by atoms with Crippen molar-refractivity contribution in [3.8, 4) is 0 Å². The fourth-order valence-electron chi connectivity index (χ4n) is 1.36. The zero-order valence-corrected chi connectivity index (χ0v) is 10.6. The van der Waals surface area contributed by atoms with Gasteiger partial charge in [-0.25, -0.2) is 9.37 Å². The highest BCUT2D eigenvalue weighted by atomic mass is 79.9. The van der Waals surface area contributed by atoms with E-state index >= 15 is 0 Å². The monoisotopic (exact) mass is 296 g/mol. The minimum atomic E-state index is -0.299. The van der Waals surface area contributed by atoms with Gasteiger partial charge in [-0.2, -0.15) is 0 Å². The average Bonchev–Trinajstić information content (AvgIpc) is 2.26. The Morgan fingerprint density at radius 1 is 1.35 bits per heavy atom. The molecule has 1 heterocycles.